The zero-order valence-electron chi connectivity index (χ0n) is 15.6. The minimum atomic E-state index is -4.40. The summed E-state index contributed by atoms with van der Waals surface area (Å²) in [4.78, 5) is 4.30. The molecule has 3 N–H and O–H groups in total. The van der Waals surface area contributed by atoms with Crippen LogP contribution in [-0.4, -0.2) is 30.7 Å². The predicted octanol–water partition coefficient (Wildman–Crippen LogP) is 3.11. The monoisotopic (exact) mass is 393 g/mol. The van der Waals surface area contributed by atoms with Crippen LogP contribution in [0, 0.1) is 11.8 Å². The number of benzene rings is 1. The van der Waals surface area contributed by atoms with Crippen LogP contribution in [0.1, 0.15) is 30.7 Å². The number of guanidine groups is 1. The fourth-order valence-corrected chi connectivity index (χ4v) is 2.29. The molecule has 1 unspecified atom stereocenters. The number of furan rings is 1. The van der Waals surface area contributed by atoms with Crippen molar-refractivity contribution in [1.82, 2.24) is 10.6 Å². The van der Waals surface area contributed by atoms with E-state index in [4.69, 9.17) is 4.42 Å². The second-order valence-corrected chi connectivity index (χ2v) is 6.18. The lowest BCUT2D eigenvalue weighted by atomic mass is 10.0. The first kappa shape index (κ1) is 21.4. The molecule has 1 aromatic heterocycles. The van der Waals surface area contributed by atoms with E-state index in [2.05, 4.69) is 27.5 Å². The summed E-state index contributed by atoms with van der Waals surface area (Å²) in [7, 11) is 0. The highest BCUT2D eigenvalue weighted by molar-refractivity contribution is 5.80. The van der Waals surface area contributed by atoms with Gasteiger partial charge >= 0.3 is 6.18 Å². The average molecular weight is 393 g/mol. The molecule has 0 radical (unpaired) electrons. The fraction of sp³-hybridized carbons (Fsp3) is 0.350. The van der Waals surface area contributed by atoms with Gasteiger partial charge in [-0.1, -0.05) is 17.9 Å². The first-order chi connectivity index (χ1) is 13.2. The molecule has 5 nitrogen and oxygen atoms in total. The van der Waals surface area contributed by atoms with Gasteiger partial charge in [-0.2, -0.15) is 13.2 Å². The molecule has 1 aromatic carbocycles. The topological polar surface area (TPSA) is 69.8 Å². The third-order valence-corrected chi connectivity index (χ3v) is 3.71. The number of aliphatic hydroxyl groups is 1. The van der Waals surface area contributed by atoms with E-state index in [1.54, 1.807) is 19.1 Å². The van der Waals surface area contributed by atoms with Crippen molar-refractivity contribution in [2.45, 2.75) is 25.6 Å². The van der Waals surface area contributed by atoms with E-state index in [0.29, 0.717) is 18.3 Å². The largest absolute Gasteiger partial charge is 0.466 e. The number of halogens is 3. The highest BCUT2D eigenvalue weighted by atomic mass is 19.4. The van der Waals surface area contributed by atoms with E-state index < -0.39 is 17.3 Å². The van der Waals surface area contributed by atoms with Crippen molar-refractivity contribution >= 4 is 5.96 Å². The summed E-state index contributed by atoms with van der Waals surface area (Å²) in [5, 5.41) is 16.4. The Morgan fingerprint density at radius 1 is 1.21 bits per heavy atom. The normalized spacial score (nSPS) is 14.0. The van der Waals surface area contributed by atoms with E-state index in [9.17, 15) is 18.3 Å². The van der Waals surface area contributed by atoms with Crippen LogP contribution >= 0.6 is 0 Å². The van der Waals surface area contributed by atoms with Crippen LogP contribution in [0.5, 0.6) is 0 Å². The van der Waals surface area contributed by atoms with Gasteiger partial charge in [-0.15, -0.1) is 0 Å². The SMILES string of the molecule is CCNC(=NCC(C)(O)c1ccco1)NCC#Cc1cccc(C(F)(F)F)c1. The molecule has 28 heavy (non-hydrogen) atoms. The third-order valence-electron chi connectivity index (χ3n) is 3.71. The maximum atomic E-state index is 12.7. The summed E-state index contributed by atoms with van der Waals surface area (Å²) in [6, 6.07) is 8.19. The Morgan fingerprint density at radius 2 is 2.00 bits per heavy atom. The first-order valence-electron chi connectivity index (χ1n) is 8.67. The van der Waals surface area contributed by atoms with Crippen LogP contribution in [0.3, 0.4) is 0 Å². The number of hydrogen-bond donors (Lipinski definition) is 3. The van der Waals surface area contributed by atoms with E-state index in [0.717, 1.165) is 12.1 Å². The maximum Gasteiger partial charge on any atom is 0.416 e. The van der Waals surface area contributed by atoms with Crippen LogP contribution in [0.15, 0.2) is 52.1 Å². The predicted molar refractivity (Wildman–Crippen MR) is 101 cm³/mol. The van der Waals surface area contributed by atoms with E-state index in [1.807, 2.05) is 6.92 Å². The summed E-state index contributed by atoms with van der Waals surface area (Å²) < 4.78 is 43.4. The smallest absolute Gasteiger partial charge is 0.416 e. The molecule has 8 heteroatoms. The van der Waals surface area contributed by atoms with Gasteiger partial charge in [0.25, 0.3) is 0 Å². The minimum absolute atomic E-state index is 0.0525. The van der Waals surface area contributed by atoms with Crippen LogP contribution in [-0.2, 0) is 11.8 Å². The minimum Gasteiger partial charge on any atom is -0.466 e. The number of rotatable bonds is 5. The molecule has 1 heterocycles. The number of alkyl halides is 3. The average Bonchev–Trinajstić information content (AvgIpc) is 3.18. The van der Waals surface area contributed by atoms with Gasteiger partial charge in [0, 0.05) is 12.1 Å². The third kappa shape index (κ3) is 6.35. The molecule has 0 saturated carbocycles. The highest BCUT2D eigenvalue weighted by Crippen LogP contribution is 2.29. The zero-order valence-corrected chi connectivity index (χ0v) is 15.6. The molecule has 0 bridgehead atoms. The van der Waals surface area contributed by atoms with E-state index in [-0.39, 0.29) is 18.7 Å². The van der Waals surface area contributed by atoms with Gasteiger partial charge in [-0.3, -0.25) is 0 Å². The summed E-state index contributed by atoms with van der Waals surface area (Å²) in [5.74, 6) is 6.28. The van der Waals surface area contributed by atoms with Gasteiger partial charge in [0.15, 0.2) is 5.96 Å². The fourth-order valence-electron chi connectivity index (χ4n) is 2.29. The van der Waals surface area contributed by atoms with Gasteiger partial charge in [-0.25, -0.2) is 4.99 Å². The van der Waals surface area contributed by atoms with E-state index in [1.165, 1.54) is 18.4 Å². The molecule has 1 atom stereocenters. The Labute approximate surface area is 161 Å². The van der Waals surface area contributed by atoms with Crippen molar-refractivity contribution in [2.75, 3.05) is 19.6 Å². The quantitative estimate of drug-likeness (QED) is 0.415. The van der Waals surface area contributed by atoms with Crippen molar-refractivity contribution in [1.29, 1.82) is 0 Å². The van der Waals surface area contributed by atoms with Crippen LogP contribution < -0.4 is 10.6 Å². The Balaban J connectivity index is 1.98. The second-order valence-electron chi connectivity index (χ2n) is 6.18. The number of nitrogens with zero attached hydrogens (tertiary/aromatic N) is 1. The van der Waals surface area contributed by atoms with Crippen molar-refractivity contribution < 1.29 is 22.7 Å². The maximum absolute atomic E-state index is 12.7. The van der Waals surface area contributed by atoms with Crippen LogP contribution in [0.25, 0.3) is 0 Å². The molecule has 0 fully saturated rings. The van der Waals surface area contributed by atoms with Gasteiger partial charge in [0.05, 0.1) is 24.9 Å². The molecular weight excluding hydrogens is 371 g/mol. The lowest BCUT2D eigenvalue weighted by Gasteiger charge is -2.19. The van der Waals surface area contributed by atoms with Crippen LogP contribution in [0.2, 0.25) is 0 Å². The van der Waals surface area contributed by atoms with Crippen molar-refractivity contribution in [2.24, 2.45) is 4.99 Å². The summed E-state index contributed by atoms with van der Waals surface area (Å²) in [6.07, 6.45) is -2.92. The number of hydrogen-bond acceptors (Lipinski definition) is 3. The van der Waals surface area contributed by atoms with Crippen molar-refractivity contribution in [3.63, 3.8) is 0 Å². The molecule has 0 spiro atoms. The molecule has 2 rings (SSSR count). The van der Waals surface area contributed by atoms with Gasteiger partial charge in [0.1, 0.15) is 11.4 Å². The molecule has 2 aromatic rings. The standard InChI is InChI=1S/C20H22F3N3O2/c1-3-24-18(26-14-19(2,27)17-10-6-12-28-17)25-11-5-8-15-7-4-9-16(13-15)20(21,22)23/h4,6-7,9-10,12-13,27H,3,11,14H2,1-2H3,(H2,24,25,26). The number of aliphatic imine (C=N–C) groups is 1. The van der Waals surface area contributed by atoms with E-state index >= 15 is 0 Å². The molecule has 0 amide bonds. The second kappa shape index (κ2) is 9.33. The molecule has 150 valence electrons. The molecule has 0 saturated heterocycles. The first-order valence-corrected chi connectivity index (χ1v) is 8.67. The molecule has 0 aliphatic carbocycles. The lowest BCUT2D eigenvalue weighted by Crippen LogP contribution is -2.39. The summed E-state index contributed by atoms with van der Waals surface area (Å²) >= 11 is 0. The Kier molecular flexibility index (Phi) is 7.12. The Morgan fingerprint density at radius 3 is 2.64 bits per heavy atom. The lowest BCUT2D eigenvalue weighted by molar-refractivity contribution is -0.137. The molecular formula is C20H22F3N3O2. The van der Waals surface area contributed by atoms with Gasteiger partial charge < -0.3 is 20.2 Å². The summed E-state index contributed by atoms with van der Waals surface area (Å²) in [6.45, 7) is 4.29. The Bertz CT molecular complexity index is 848. The molecule has 0 aliphatic rings. The van der Waals surface area contributed by atoms with Gasteiger partial charge in [0.2, 0.25) is 0 Å². The van der Waals surface area contributed by atoms with Gasteiger partial charge in [-0.05, 0) is 44.2 Å². The zero-order chi connectivity index (χ0) is 20.6. The van der Waals surface area contributed by atoms with Crippen LogP contribution in [0.4, 0.5) is 13.2 Å². The summed E-state index contributed by atoms with van der Waals surface area (Å²) in [5.41, 5.74) is -1.73. The highest BCUT2D eigenvalue weighted by Gasteiger charge is 2.30. The van der Waals surface area contributed by atoms with Crippen molar-refractivity contribution in [3.8, 4) is 11.8 Å². The number of nitrogens with one attached hydrogen (secondary N) is 2. The molecule has 0 aliphatic heterocycles. The Hall–Kier alpha value is -2.92. The van der Waals surface area contributed by atoms with Crippen molar-refractivity contribution in [3.05, 3.63) is 59.5 Å².